The van der Waals surface area contributed by atoms with Crippen LogP contribution in [0.4, 0.5) is 4.39 Å². The number of aliphatic hydroxyl groups is 1. The second kappa shape index (κ2) is 5.72. The lowest BCUT2D eigenvalue weighted by atomic mass is 10.1. The van der Waals surface area contributed by atoms with Gasteiger partial charge in [0.1, 0.15) is 11.6 Å². The molecule has 0 aliphatic carbocycles. The van der Waals surface area contributed by atoms with Crippen molar-refractivity contribution in [1.82, 2.24) is 9.88 Å². The summed E-state index contributed by atoms with van der Waals surface area (Å²) in [6, 6.07) is 9.57. The summed E-state index contributed by atoms with van der Waals surface area (Å²) in [5, 5.41) is 10.2. The predicted octanol–water partition coefficient (Wildman–Crippen LogP) is 2.05. The Morgan fingerprint density at radius 2 is 1.91 bits per heavy atom. The Kier molecular flexibility index (Phi) is 3.73. The third kappa shape index (κ3) is 2.88. The number of likely N-dealkylation sites (N-methyl/N-ethyl adjacent to an activating group) is 1. The van der Waals surface area contributed by atoms with E-state index in [0.717, 1.165) is 11.3 Å². The second-order valence-electron chi connectivity index (χ2n) is 5.52. The lowest BCUT2D eigenvalue weighted by Crippen LogP contribution is -2.22. The van der Waals surface area contributed by atoms with Gasteiger partial charge in [0.2, 0.25) is 0 Å². The highest BCUT2D eigenvalue weighted by Gasteiger charge is 2.34. The molecule has 0 unspecified atom stereocenters. The maximum Gasteiger partial charge on any atom is 0.294 e. The number of H-pyrrole nitrogens is 1. The van der Waals surface area contributed by atoms with Gasteiger partial charge in [-0.05, 0) is 29.8 Å². The molecule has 5 nitrogen and oxygen atoms in total. The van der Waals surface area contributed by atoms with Crippen molar-refractivity contribution >= 4 is 17.4 Å². The number of ketones is 1. The molecule has 1 amide bonds. The summed E-state index contributed by atoms with van der Waals surface area (Å²) in [4.78, 5) is 27.6. The molecule has 1 aliphatic rings. The van der Waals surface area contributed by atoms with Crippen LogP contribution in [0, 0.1) is 5.82 Å². The number of likely N-dealkylation sites (tertiary alicyclic amines) is 1. The summed E-state index contributed by atoms with van der Waals surface area (Å²) in [5.74, 6) is -1.81. The van der Waals surface area contributed by atoms with Crippen molar-refractivity contribution in [2.24, 2.45) is 0 Å². The molecule has 1 fully saturated rings. The van der Waals surface area contributed by atoms with Gasteiger partial charge in [-0.2, -0.15) is 0 Å². The summed E-state index contributed by atoms with van der Waals surface area (Å²) in [6.07, 6.45) is 0.537. The van der Waals surface area contributed by atoms with Crippen LogP contribution in [0.2, 0.25) is 0 Å². The molecule has 0 saturated carbocycles. The van der Waals surface area contributed by atoms with Gasteiger partial charge in [0.25, 0.3) is 11.7 Å². The van der Waals surface area contributed by atoms with E-state index in [1.807, 2.05) is 0 Å². The van der Waals surface area contributed by atoms with E-state index in [1.165, 1.54) is 24.1 Å². The van der Waals surface area contributed by atoms with E-state index >= 15 is 0 Å². The molecule has 3 rings (SSSR count). The van der Waals surface area contributed by atoms with Crippen LogP contribution in [-0.2, 0) is 16.0 Å². The lowest BCUT2D eigenvalue weighted by Gasteiger charge is -2.04. The molecule has 118 valence electrons. The van der Waals surface area contributed by atoms with Crippen LogP contribution in [0.15, 0.2) is 42.0 Å². The van der Waals surface area contributed by atoms with Gasteiger partial charge < -0.3 is 15.0 Å². The van der Waals surface area contributed by atoms with Crippen molar-refractivity contribution in [3.8, 4) is 0 Å². The fraction of sp³-hybridized carbons (Fsp3) is 0.176. The number of nitrogens with zero attached hydrogens (tertiary/aromatic N) is 1. The molecule has 0 bridgehead atoms. The van der Waals surface area contributed by atoms with E-state index in [9.17, 15) is 19.1 Å². The SMILES string of the molecule is CN1CC(=C(O)c2ccc(Cc3ccc(F)cc3)[nH]2)C(=O)C1=O. The molecule has 6 heteroatoms. The van der Waals surface area contributed by atoms with Crippen molar-refractivity contribution in [3.63, 3.8) is 0 Å². The van der Waals surface area contributed by atoms with Crippen LogP contribution in [0.3, 0.4) is 0 Å². The first-order valence-corrected chi connectivity index (χ1v) is 7.10. The van der Waals surface area contributed by atoms with Gasteiger partial charge in [-0.3, -0.25) is 9.59 Å². The number of halogens is 1. The number of aliphatic hydroxyl groups excluding tert-OH is 1. The van der Waals surface area contributed by atoms with Crippen LogP contribution in [-0.4, -0.2) is 40.3 Å². The summed E-state index contributed by atoms with van der Waals surface area (Å²) in [6.45, 7) is 0.0931. The highest BCUT2D eigenvalue weighted by Crippen LogP contribution is 2.22. The summed E-state index contributed by atoms with van der Waals surface area (Å²) >= 11 is 0. The van der Waals surface area contributed by atoms with E-state index in [0.29, 0.717) is 12.1 Å². The van der Waals surface area contributed by atoms with Gasteiger partial charge in [0, 0.05) is 19.2 Å². The van der Waals surface area contributed by atoms with Gasteiger partial charge in [-0.1, -0.05) is 12.1 Å². The maximum atomic E-state index is 12.9. The number of rotatable bonds is 3. The first kappa shape index (κ1) is 15.0. The zero-order valence-corrected chi connectivity index (χ0v) is 12.5. The van der Waals surface area contributed by atoms with E-state index in [-0.39, 0.29) is 23.7 Å². The Hall–Kier alpha value is -2.89. The minimum absolute atomic E-state index is 0.0904. The molecule has 2 N–H and O–H groups in total. The van der Waals surface area contributed by atoms with Crippen molar-refractivity contribution in [2.45, 2.75) is 6.42 Å². The Balaban J connectivity index is 1.83. The van der Waals surface area contributed by atoms with E-state index < -0.39 is 11.7 Å². The molecule has 0 spiro atoms. The van der Waals surface area contributed by atoms with Crippen LogP contribution < -0.4 is 0 Å². The van der Waals surface area contributed by atoms with E-state index in [2.05, 4.69) is 4.98 Å². The maximum absolute atomic E-state index is 12.9. The molecule has 0 atom stereocenters. The van der Waals surface area contributed by atoms with Gasteiger partial charge in [0.05, 0.1) is 17.8 Å². The molecular formula is C17H15FN2O3. The van der Waals surface area contributed by atoms with Crippen molar-refractivity contribution in [1.29, 1.82) is 0 Å². The minimum Gasteiger partial charge on any atom is -0.505 e. The van der Waals surface area contributed by atoms with Crippen molar-refractivity contribution in [2.75, 3.05) is 13.6 Å². The quantitative estimate of drug-likeness (QED) is 0.517. The third-order valence-corrected chi connectivity index (χ3v) is 3.81. The fourth-order valence-electron chi connectivity index (χ4n) is 2.53. The molecule has 2 heterocycles. The van der Waals surface area contributed by atoms with Gasteiger partial charge in [0.15, 0.2) is 0 Å². The summed E-state index contributed by atoms with van der Waals surface area (Å²) in [5.41, 5.74) is 2.20. The third-order valence-electron chi connectivity index (χ3n) is 3.81. The van der Waals surface area contributed by atoms with Gasteiger partial charge in [-0.15, -0.1) is 0 Å². The topological polar surface area (TPSA) is 73.4 Å². The number of amides is 1. The lowest BCUT2D eigenvalue weighted by molar-refractivity contribution is -0.138. The molecule has 1 aromatic heterocycles. The number of hydrogen-bond donors (Lipinski definition) is 2. The average molecular weight is 314 g/mol. The van der Waals surface area contributed by atoms with Crippen LogP contribution in [0.1, 0.15) is 17.0 Å². The van der Waals surface area contributed by atoms with E-state index in [4.69, 9.17) is 0 Å². The molecule has 23 heavy (non-hydrogen) atoms. The Morgan fingerprint density at radius 3 is 2.52 bits per heavy atom. The number of aromatic amines is 1. The molecular weight excluding hydrogens is 299 g/mol. The van der Waals surface area contributed by atoms with Crippen LogP contribution in [0.5, 0.6) is 0 Å². The zero-order valence-electron chi connectivity index (χ0n) is 12.5. The molecule has 1 aliphatic heterocycles. The number of carbonyl (C=O) groups is 2. The number of Topliss-reactive ketones (excluding diaryl/α,β-unsaturated/α-hetero) is 1. The average Bonchev–Trinajstić information content (AvgIpc) is 3.10. The Morgan fingerprint density at radius 1 is 1.22 bits per heavy atom. The fourth-order valence-corrected chi connectivity index (χ4v) is 2.53. The van der Waals surface area contributed by atoms with Crippen LogP contribution >= 0.6 is 0 Å². The van der Waals surface area contributed by atoms with Gasteiger partial charge in [-0.25, -0.2) is 4.39 Å². The standard InChI is InChI=1S/C17H15FN2O3/c1-20-9-13(16(22)17(20)23)15(21)14-7-6-12(19-14)8-10-2-4-11(18)5-3-10/h2-7,19,21H,8-9H2,1H3. The Labute approximate surface area is 132 Å². The first-order chi connectivity index (χ1) is 11.0. The highest BCUT2D eigenvalue weighted by molar-refractivity contribution is 6.46. The smallest absolute Gasteiger partial charge is 0.294 e. The molecule has 2 aromatic rings. The molecule has 1 saturated heterocycles. The van der Waals surface area contributed by atoms with Crippen molar-refractivity contribution in [3.05, 3.63) is 64.7 Å². The van der Waals surface area contributed by atoms with E-state index in [1.54, 1.807) is 24.3 Å². The minimum atomic E-state index is -0.681. The molecule has 1 aromatic carbocycles. The highest BCUT2D eigenvalue weighted by atomic mass is 19.1. The zero-order chi connectivity index (χ0) is 16.6. The summed E-state index contributed by atoms with van der Waals surface area (Å²) < 4.78 is 12.9. The number of nitrogens with one attached hydrogen (secondary N) is 1. The molecule has 0 radical (unpaired) electrons. The number of carbonyl (C=O) groups excluding carboxylic acids is 2. The monoisotopic (exact) mass is 314 g/mol. The second-order valence-corrected chi connectivity index (χ2v) is 5.52. The first-order valence-electron chi connectivity index (χ1n) is 7.10. The normalized spacial score (nSPS) is 17.0. The van der Waals surface area contributed by atoms with Gasteiger partial charge >= 0.3 is 0 Å². The largest absolute Gasteiger partial charge is 0.505 e. The van der Waals surface area contributed by atoms with Crippen molar-refractivity contribution < 1.29 is 19.1 Å². The summed E-state index contributed by atoms with van der Waals surface area (Å²) in [7, 11) is 1.51. The predicted molar refractivity (Wildman–Crippen MR) is 82.2 cm³/mol. The number of hydrogen-bond acceptors (Lipinski definition) is 3. The number of aromatic nitrogens is 1. The number of benzene rings is 1. The van der Waals surface area contributed by atoms with Crippen LogP contribution in [0.25, 0.3) is 5.76 Å². The Bertz CT molecular complexity index is 806.